The molecule has 0 aliphatic carbocycles. The number of benzene rings is 1. The molecule has 0 radical (unpaired) electrons. The molecule has 0 fully saturated rings. The first kappa shape index (κ1) is 23.6. The Morgan fingerprint density at radius 3 is 2.55 bits per heavy atom. The van der Waals surface area contributed by atoms with Crippen LogP contribution in [-0.4, -0.2) is 49.8 Å². The summed E-state index contributed by atoms with van der Waals surface area (Å²) in [7, 11) is 0. The highest BCUT2D eigenvalue weighted by Crippen LogP contribution is 2.38. The quantitative estimate of drug-likeness (QED) is 0.389. The maximum atomic E-state index is 13.4. The standard InChI is InChI=1S/C22H25N5O6/c1-6-32-19(28)17-14(2)24-20(25-12-8-11-23-25)26(21(29)33-22(3,4)5)18(17)15-9-7-10-16(13-15)27(30)31/h7-13,18H,6H2,1-5H3. The van der Waals surface area contributed by atoms with Crippen molar-refractivity contribution < 1.29 is 24.0 Å². The third kappa shape index (κ3) is 5.08. The van der Waals surface area contributed by atoms with Crippen molar-refractivity contribution in [3.63, 3.8) is 0 Å². The molecule has 11 heteroatoms. The lowest BCUT2D eigenvalue weighted by molar-refractivity contribution is -0.384. The highest BCUT2D eigenvalue weighted by Gasteiger charge is 2.43. The molecule has 2 aromatic rings. The van der Waals surface area contributed by atoms with Crippen LogP contribution in [0.2, 0.25) is 0 Å². The molecule has 2 heterocycles. The van der Waals surface area contributed by atoms with E-state index in [0.717, 1.165) is 4.90 Å². The Morgan fingerprint density at radius 2 is 1.97 bits per heavy atom. The first-order valence-corrected chi connectivity index (χ1v) is 10.3. The third-order valence-electron chi connectivity index (χ3n) is 4.60. The molecule has 1 atom stereocenters. The Balaban J connectivity index is 2.28. The second-order valence-electron chi connectivity index (χ2n) is 8.19. The van der Waals surface area contributed by atoms with Gasteiger partial charge in [-0.3, -0.25) is 10.1 Å². The summed E-state index contributed by atoms with van der Waals surface area (Å²) < 4.78 is 12.2. The molecule has 11 nitrogen and oxygen atoms in total. The van der Waals surface area contributed by atoms with Crippen LogP contribution < -0.4 is 0 Å². The molecular weight excluding hydrogens is 430 g/mol. The van der Waals surface area contributed by atoms with E-state index in [0.29, 0.717) is 5.56 Å². The van der Waals surface area contributed by atoms with Crippen molar-refractivity contribution in [1.82, 2.24) is 14.7 Å². The van der Waals surface area contributed by atoms with Gasteiger partial charge in [0.25, 0.3) is 5.69 Å². The number of hydrogen-bond donors (Lipinski definition) is 0. The molecule has 0 bridgehead atoms. The lowest BCUT2D eigenvalue weighted by atomic mass is 9.94. The van der Waals surface area contributed by atoms with E-state index in [1.165, 1.54) is 29.1 Å². The van der Waals surface area contributed by atoms with Gasteiger partial charge in [0.2, 0.25) is 5.96 Å². The number of non-ortho nitro benzene ring substituents is 1. The zero-order valence-corrected chi connectivity index (χ0v) is 19.0. The van der Waals surface area contributed by atoms with Crippen LogP contribution in [0.4, 0.5) is 10.5 Å². The number of aliphatic imine (C=N–C) groups is 1. The maximum absolute atomic E-state index is 13.4. The summed E-state index contributed by atoms with van der Waals surface area (Å²) in [6.07, 6.45) is 2.30. The van der Waals surface area contributed by atoms with Crippen LogP contribution in [0.3, 0.4) is 0 Å². The van der Waals surface area contributed by atoms with Gasteiger partial charge in [-0.05, 0) is 46.2 Å². The Morgan fingerprint density at radius 1 is 1.24 bits per heavy atom. The zero-order valence-electron chi connectivity index (χ0n) is 19.0. The fourth-order valence-corrected chi connectivity index (χ4v) is 3.35. The van der Waals surface area contributed by atoms with E-state index in [9.17, 15) is 19.7 Å². The molecule has 33 heavy (non-hydrogen) atoms. The van der Waals surface area contributed by atoms with Gasteiger partial charge in [0.15, 0.2) is 0 Å². The number of nitrogens with zero attached hydrogens (tertiary/aromatic N) is 5. The minimum Gasteiger partial charge on any atom is -0.463 e. The molecule has 1 aliphatic heterocycles. The number of rotatable bonds is 4. The topological polar surface area (TPSA) is 129 Å². The molecule has 3 rings (SSSR count). The minimum atomic E-state index is -1.10. The smallest absolute Gasteiger partial charge is 0.418 e. The van der Waals surface area contributed by atoms with E-state index >= 15 is 0 Å². The lowest BCUT2D eigenvalue weighted by Gasteiger charge is -2.37. The van der Waals surface area contributed by atoms with E-state index in [1.54, 1.807) is 52.9 Å². The molecule has 1 amide bonds. The third-order valence-corrected chi connectivity index (χ3v) is 4.60. The Labute approximate surface area is 190 Å². The number of aromatic nitrogens is 2. The summed E-state index contributed by atoms with van der Waals surface area (Å²) in [4.78, 5) is 42.9. The Bertz CT molecular complexity index is 1130. The second-order valence-corrected chi connectivity index (χ2v) is 8.19. The van der Waals surface area contributed by atoms with Gasteiger partial charge in [-0.2, -0.15) is 5.10 Å². The molecular formula is C22H25N5O6. The fraction of sp³-hybridized carbons (Fsp3) is 0.364. The largest absolute Gasteiger partial charge is 0.463 e. The molecule has 1 aromatic heterocycles. The lowest BCUT2D eigenvalue weighted by Crippen LogP contribution is -2.49. The number of carbonyl (C=O) groups excluding carboxylic acids is 2. The van der Waals surface area contributed by atoms with Crippen molar-refractivity contribution in [2.75, 3.05) is 6.61 Å². The van der Waals surface area contributed by atoms with Crippen LogP contribution in [0.25, 0.3) is 0 Å². The van der Waals surface area contributed by atoms with Gasteiger partial charge >= 0.3 is 12.1 Å². The molecule has 174 valence electrons. The number of nitro groups is 1. The van der Waals surface area contributed by atoms with Gasteiger partial charge in [-0.15, -0.1) is 0 Å². The number of hydrogen-bond acceptors (Lipinski definition) is 8. The average molecular weight is 455 g/mol. The van der Waals surface area contributed by atoms with Crippen molar-refractivity contribution in [2.45, 2.75) is 46.3 Å². The summed E-state index contributed by atoms with van der Waals surface area (Å²) in [6.45, 7) is 8.47. The Hall–Kier alpha value is -4.02. The number of nitro benzene ring substituents is 1. The molecule has 0 saturated heterocycles. The predicted octanol–water partition coefficient (Wildman–Crippen LogP) is 3.82. The van der Waals surface area contributed by atoms with E-state index in [4.69, 9.17) is 9.47 Å². The van der Waals surface area contributed by atoms with Gasteiger partial charge in [-0.1, -0.05) is 12.1 Å². The number of amides is 1. The van der Waals surface area contributed by atoms with Crippen LogP contribution in [0.1, 0.15) is 46.2 Å². The highest BCUT2D eigenvalue weighted by molar-refractivity contribution is 6.02. The average Bonchev–Trinajstić information content (AvgIpc) is 3.26. The van der Waals surface area contributed by atoms with Crippen molar-refractivity contribution in [1.29, 1.82) is 0 Å². The van der Waals surface area contributed by atoms with Crippen LogP contribution >= 0.6 is 0 Å². The summed E-state index contributed by atoms with van der Waals surface area (Å²) in [6, 6.07) is 6.26. The van der Waals surface area contributed by atoms with Crippen molar-refractivity contribution >= 4 is 23.7 Å². The number of allylic oxidation sites excluding steroid dienone is 1. The fourth-order valence-electron chi connectivity index (χ4n) is 3.35. The summed E-state index contributed by atoms with van der Waals surface area (Å²) in [5, 5.41) is 15.6. The number of carbonyl (C=O) groups is 2. The van der Waals surface area contributed by atoms with Gasteiger partial charge in [0, 0.05) is 24.5 Å². The van der Waals surface area contributed by atoms with Gasteiger partial charge in [0.1, 0.15) is 11.6 Å². The molecule has 1 unspecified atom stereocenters. The zero-order chi connectivity index (χ0) is 24.3. The van der Waals surface area contributed by atoms with E-state index in [2.05, 4.69) is 10.1 Å². The molecule has 1 aliphatic rings. The summed E-state index contributed by atoms with van der Waals surface area (Å²) in [5.74, 6) is -0.611. The molecule has 0 spiro atoms. The molecule has 0 saturated carbocycles. The van der Waals surface area contributed by atoms with Crippen LogP contribution in [0.5, 0.6) is 0 Å². The summed E-state index contributed by atoms with van der Waals surface area (Å²) >= 11 is 0. The van der Waals surface area contributed by atoms with Crippen LogP contribution in [0, 0.1) is 10.1 Å². The predicted molar refractivity (Wildman–Crippen MR) is 118 cm³/mol. The van der Waals surface area contributed by atoms with Crippen molar-refractivity contribution in [2.24, 2.45) is 4.99 Å². The van der Waals surface area contributed by atoms with Gasteiger partial charge < -0.3 is 9.47 Å². The normalized spacial score (nSPS) is 16.3. The first-order valence-electron chi connectivity index (χ1n) is 10.3. The highest BCUT2D eigenvalue weighted by atomic mass is 16.6. The van der Waals surface area contributed by atoms with E-state index in [1.807, 2.05) is 0 Å². The van der Waals surface area contributed by atoms with E-state index in [-0.39, 0.29) is 29.5 Å². The van der Waals surface area contributed by atoms with Gasteiger partial charge in [-0.25, -0.2) is 24.2 Å². The first-order chi connectivity index (χ1) is 15.5. The van der Waals surface area contributed by atoms with Crippen LogP contribution in [0.15, 0.2) is 59.0 Å². The monoisotopic (exact) mass is 455 g/mol. The van der Waals surface area contributed by atoms with Crippen molar-refractivity contribution in [3.05, 3.63) is 69.7 Å². The Kier molecular flexibility index (Phi) is 6.61. The SMILES string of the molecule is CCOC(=O)C1=C(C)N=C(n2cccn2)N(C(=O)OC(C)(C)C)C1c1cccc([N+](=O)[O-])c1. The molecule has 1 aromatic carbocycles. The molecule has 0 N–H and O–H groups in total. The second kappa shape index (κ2) is 9.23. The van der Waals surface area contributed by atoms with Crippen LogP contribution in [-0.2, 0) is 14.3 Å². The van der Waals surface area contributed by atoms with E-state index < -0.39 is 28.6 Å². The van der Waals surface area contributed by atoms with Crippen molar-refractivity contribution in [3.8, 4) is 0 Å². The van der Waals surface area contributed by atoms with Gasteiger partial charge in [0.05, 0.1) is 22.8 Å². The number of ether oxygens (including phenoxy) is 2. The minimum absolute atomic E-state index is 0.0686. The summed E-state index contributed by atoms with van der Waals surface area (Å²) in [5.41, 5.74) is -0.383. The maximum Gasteiger partial charge on any atom is 0.418 e. The number of esters is 1.